The van der Waals surface area contributed by atoms with Crippen molar-refractivity contribution in [3.63, 3.8) is 0 Å². The fraction of sp³-hybridized carbons (Fsp3) is 0.310. The van der Waals surface area contributed by atoms with E-state index in [1.165, 1.54) is 5.56 Å². The van der Waals surface area contributed by atoms with Crippen LogP contribution in [0.1, 0.15) is 42.4 Å². The smallest absolute Gasteiger partial charge is 0.230 e. The minimum Gasteiger partial charge on any atom is -0.312 e. The number of nitrogens with zero attached hydrogens (tertiary/aromatic N) is 2. The van der Waals surface area contributed by atoms with Crippen molar-refractivity contribution in [1.29, 1.82) is 5.26 Å². The van der Waals surface area contributed by atoms with E-state index in [2.05, 4.69) is 12.1 Å². The van der Waals surface area contributed by atoms with E-state index in [0.29, 0.717) is 22.2 Å². The first kappa shape index (κ1) is 24.3. The van der Waals surface area contributed by atoms with Gasteiger partial charge >= 0.3 is 0 Å². The van der Waals surface area contributed by atoms with E-state index >= 15 is 0 Å². The number of carbonyl (C=O) groups is 1. The van der Waals surface area contributed by atoms with Gasteiger partial charge in [-0.3, -0.25) is 4.79 Å². The molecule has 3 nitrogen and oxygen atoms in total. The van der Waals surface area contributed by atoms with E-state index in [-0.39, 0.29) is 17.7 Å². The predicted octanol–water partition coefficient (Wildman–Crippen LogP) is 7.49. The van der Waals surface area contributed by atoms with Crippen molar-refractivity contribution in [2.45, 2.75) is 38.5 Å². The molecular weight excluding hydrogens is 463 g/mol. The lowest BCUT2D eigenvalue weighted by Crippen LogP contribution is -2.40. The first-order chi connectivity index (χ1) is 16.5. The lowest BCUT2D eigenvalue weighted by Gasteiger charge is -2.30. The number of amides is 1. The van der Waals surface area contributed by atoms with Gasteiger partial charge in [-0.05, 0) is 91.3 Å². The largest absolute Gasteiger partial charge is 0.312 e. The average Bonchev–Trinajstić information content (AvgIpc) is 3.39. The summed E-state index contributed by atoms with van der Waals surface area (Å²) in [5, 5.41) is 10.7. The molecule has 0 bridgehead atoms. The molecule has 0 heterocycles. The van der Waals surface area contributed by atoms with Gasteiger partial charge in [-0.2, -0.15) is 5.26 Å². The quantitative estimate of drug-likeness (QED) is 0.328. The Morgan fingerprint density at radius 3 is 2.18 bits per heavy atom. The summed E-state index contributed by atoms with van der Waals surface area (Å²) in [4.78, 5) is 15.6. The van der Waals surface area contributed by atoms with E-state index in [0.717, 1.165) is 49.8 Å². The van der Waals surface area contributed by atoms with Gasteiger partial charge in [0.05, 0.1) is 11.6 Å². The highest BCUT2D eigenvalue weighted by Gasteiger charge is 2.30. The topological polar surface area (TPSA) is 44.1 Å². The van der Waals surface area contributed by atoms with Gasteiger partial charge < -0.3 is 4.90 Å². The van der Waals surface area contributed by atoms with Crippen molar-refractivity contribution < 1.29 is 4.79 Å². The number of halogens is 2. The Morgan fingerprint density at radius 2 is 1.53 bits per heavy atom. The van der Waals surface area contributed by atoms with Gasteiger partial charge in [-0.1, -0.05) is 60.3 Å². The Hall–Kier alpha value is -2.80. The highest BCUT2D eigenvalue weighted by Crippen LogP contribution is 2.31. The van der Waals surface area contributed by atoms with Crippen molar-refractivity contribution in [2.75, 3.05) is 11.4 Å². The second-order valence-electron chi connectivity index (χ2n) is 9.12. The molecule has 174 valence electrons. The first-order valence-electron chi connectivity index (χ1n) is 11.8. The van der Waals surface area contributed by atoms with Gasteiger partial charge in [0.25, 0.3) is 0 Å². The molecule has 1 unspecified atom stereocenters. The van der Waals surface area contributed by atoms with Gasteiger partial charge in [-0.25, -0.2) is 0 Å². The van der Waals surface area contributed by atoms with Crippen LogP contribution in [-0.4, -0.2) is 12.5 Å². The third-order valence-electron chi connectivity index (χ3n) is 6.57. The van der Waals surface area contributed by atoms with Crippen LogP contribution in [-0.2, 0) is 17.6 Å². The zero-order valence-corrected chi connectivity index (χ0v) is 20.6. The van der Waals surface area contributed by atoms with Crippen molar-refractivity contribution >= 4 is 34.8 Å². The summed E-state index contributed by atoms with van der Waals surface area (Å²) in [7, 11) is 0. The lowest BCUT2D eigenvalue weighted by atomic mass is 9.90. The van der Waals surface area contributed by atoms with E-state index in [9.17, 15) is 10.1 Å². The third-order valence-corrected chi connectivity index (χ3v) is 7.07. The molecule has 0 aliphatic heterocycles. The van der Waals surface area contributed by atoms with Crippen LogP contribution in [0.2, 0.25) is 10.0 Å². The molecule has 4 rings (SSSR count). The molecule has 5 heteroatoms. The standard InChI is InChI=1S/C29H28Cl2N2O/c30-26-10-8-21(9-11-26)16-24(18-22-4-3-5-23(17-22)19-32)20-33(28-14-12-27(31)13-15-28)29(34)25-6-1-2-7-25/h3-5,8-15,17,24-25H,1-2,6-7,16,18,20H2. The summed E-state index contributed by atoms with van der Waals surface area (Å²) in [5.41, 5.74) is 3.81. The highest BCUT2D eigenvalue weighted by atomic mass is 35.5. The van der Waals surface area contributed by atoms with Crippen molar-refractivity contribution in [2.24, 2.45) is 11.8 Å². The highest BCUT2D eigenvalue weighted by molar-refractivity contribution is 6.30. The van der Waals surface area contributed by atoms with Crippen molar-refractivity contribution in [3.8, 4) is 6.07 Å². The average molecular weight is 491 g/mol. The van der Waals surface area contributed by atoms with Gasteiger partial charge in [0.15, 0.2) is 0 Å². The molecule has 1 atom stereocenters. The lowest BCUT2D eigenvalue weighted by molar-refractivity contribution is -0.122. The van der Waals surface area contributed by atoms with Crippen molar-refractivity contribution in [3.05, 3.63) is 99.5 Å². The van der Waals surface area contributed by atoms with Gasteiger partial charge in [-0.15, -0.1) is 0 Å². The van der Waals surface area contributed by atoms with E-state index in [1.54, 1.807) is 0 Å². The number of carbonyl (C=O) groups excluding carboxylic acids is 1. The summed E-state index contributed by atoms with van der Waals surface area (Å²) in [5.74, 6) is 0.441. The molecule has 1 saturated carbocycles. The van der Waals surface area contributed by atoms with Crippen LogP contribution in [0, 0.1) is 23.2 Å². The van der Waals surface area contributed by atoms with Crippen LogP contribution >= 0.6 is 23.2 Å². The maximum absolute atomic E-state index is 13.6. The van der Waals surface area contributed by atoms with Crippen LogP contribution in [0.15, 0.2) is 72.8 Å². The number of anilines is 1. The Labute approximate surface area is 211 Å². The van der Waals surface area contributed by atoms with E-state index in [1.807, 2.05) is 71.6 Å². The molecule has 1 aliphatic carbocycles. The van der Waals surface area contributed by atoms with Crippen LogP contribution < -0.4 is 4.90 Å². The molecular formula is C29H28Cl2N2O. The molecule has 1 fully saturated rings. The SMILES string of the molecule is N#Cc1cccc(CC(Cc2ccc(Cl)cc2)CN(C(=O)C2CCCC2)c2ccc(Cl)cc2)c1. The molecule has 0 spiro atoms. The van der Waals surface area contributed by atoms with Crippen molar-refractivity contribution in [1.82, 2.24) is 0 Å². The fourth-order valence-electron chi connectivity index (χ4n) is 4.85. The Balaban J connectivity index is 1.64. The predicted molar refractivity (Wildman–Crippen MR) is 139 cm³/mol. The third kappa shape index (κ3) is 6.41. The zero-order valence-electron chi connectivity index (χ0n) is 19.1. The maximum atomic E-state index is 13.6. The summed E-state index contributed by atoms with van der Waals surface area (Å²) >= 11 is 12.3. The number of hydrogen-bond acceptors (Lipinski definition) is 2. The van der Waals surface area contributed by atoms with E-state index in [4.69, 9.17) is 23.2 Å². The second-order valence-corrected chi connectivity index (χ2v) is 9.99. The second kappa shape index (κ2) is 11.6. The molecule has 3 aromatic carbocycles. The number of hydrogen-bond donors (Lipinski definition) is 0. The number of benzene rings is 3. The van der Waals surface area contributed by atoms with Gasteiger partial charge in [0.1, 0.15) is 0 Å². The van der Waals surface area contributed by atoms with Crippen LogP contribution in [0.25, 0.3) is 0 Å². The van der Waals surface area contributed by atoms with Gasteiger partial charge in [0.2, 0.25) is 5.91 Å². The van der Waals surface area contributed by atoms with Crippen LogP contribution in [0.4, 0.5) is 5.69 Å². The maximum Gasteiger partial charge on any atom is 0.230 e. The molecule has 0 saturated heterocycles. The summed E-state index contributed by atoms with van der Waals surface area (Å²) in [6.45, 7) is 0.594. The molecule has 0 aromatic heterocycles. The summed E-state index contributed by atoms with van der Waals surface area (Å²) < 4.78 is 0. The molecule has 3 aromatic rings. The first-order valence-corrected chi connectivity index (χ1v) is 12.6. The molecule has 0 radical (unpaired) electrons. The normalized spacial score (nSPS) is 14.5. The van der Waals surface area contributed by atoms with Crippen LogP contribution in [0.5, 0.6) is 0 Å². The minimum absolute atomic E-state index is 0.0776. The van der Waals surface area contributed by atoms with Crippen LogP contribution in [0.3, 0.4) is 0 Å². The Bertz CT molecular complexity index is 1150. The zero-order chi connectivity index (χ0) is 23.9. The summed E-state index contributed by atoms with van der Waals surface area (Å²) in [6, 6.07) is 25.4. The molecule has 1 amide bonds. The van der Waals surface area contributed by atoms with E-state index < -0.39 is 0 Å². The summed E-state index contributed by atoms with van der Waals surface area (Å²) in [6.07, 6.45) is 5.69. The monoisotopic (exact) mass is 490 g/mol. The Morgan fingerprint density at radius 1 is 0.912 bits per heavy atom. The fourth-order valence-corrected chi connectivity index (χ4v) is 5.10. The minimum atomic E-state index is 0.0776. The molecule has 1 aliphatic rings. The number of rotatable bonds is 8. The molecule has 0 N–H and O–H groups in total. The number of nitriles is 1. The molecule has 34 heavy (non-hydrogen) atoms. The van der Waals surface area contributed by atoms with Gasteiger partial charge in [0, 0.05) is 28.2 Å². The Kier molecular flexibility index (Phi) is 8.27.